The van der Waals surface area contributed by atoms with Gasteiger partial charge in [-0.25, -0.2) is 12.8 Å². The number of ether oxygens (including phenoxy) is 1. The van der Waals surface area contributed by atoms with E-state index >= 15 is 0 Å². The van der Waals surface area contributed by atoms with Crippen LogP contribution < -0.4 is 4.74 Å². The Hall–Kier alpha value is -2.12. The van der Waals surface area contributed by atoms with E-state index in [2.05, 4.69) is 9.30 Å². The molecule has 4 rings (SSSR count). The Bertz CT molecular complexity index is 993. The highest BCUT2D eigenvalue weighted by Crippen LogP contribution is 2.33. The summed E-state index contributed by atoms with van der Waals surface area (Å²) >= 11 is 5.75. The van der Waals surface area contributed by atoms with Gasteiger partial charge in [0.25, 0.3) is 10.0 Å². The summed E-state index contributed by atoms with van der Waals surface area (Å²) in [5.41, 5.74) is 0.972. The molecule has 0 aromatic heterocycles. The second-order valence-corrected chi connectivity index (χ2v) is 8.85. The molecule has 2 heterocycles. The molecular weight excluding hydrogens is 391 g/mol. The summed E-state index contributed by atoms with van der Waals surface area (Å²) in [7, 11) is -3.38. The maximum absolute atomic E-state index is 13.9. The van der Waals surface area contributed by atoms with Crippen molar-refractivity contribution >= 4 is 27.5 Å². The molecule has 0 bridgehead atoms. The first-order valence-electron chi connectivity index (χ1n) is 8.72. The number of piperidine rings is 1. The monoisotopic (exact) mass is 408 g/mol. The lowest BCUT2D eigenvalue weighted by atomic mass is 9.89. The molecule has 2 aromatic rings. The minimum absolute atomic E-state index is 0.0601. The van der Waals surface area contributed by atoms with Crippen LogP contribution in [0.25, 0.3) is 0 Å². The van der Waals surface area contributed by atoms with E-state index in [1.165, 1.54) is 12.1 Å². The lowest BCUT2D eigenvalue weighted by molar-refractivity contribution is 0.366. The quantitative estimate of drug-likeness (QED) is 0.764. The third kappa shape index (κ3) is 3.94. The van der Waals surface area contributed by atoms with Crippen LogP contribution in [0.2, 0.25) is 5.02 Å². The van der Waals surface area contributed by atoms with Gasteiger partial charge in [0.1, 0.15) is 11.6 Å². The van der Waals surface area contributed by atoms with Crippen LogP contribution in [-0.4, -0.2) is 38.0 Å². The van der Waals surface area contributed by atoms with E-state index in [0.29, 0.717) is 23.2 Å². The number of fused-ring (bicyclic) bond motifs is 1. The smallest absolute Gasteiger partial charge is 0.256 e. The average Bonchev–Trinajstić information content (AvgIpc) is 2.63. The third-order valence-electron chi connectivity index (χ3n) is 4.81. The lowest BCUT2D eigenvalue weighted by Crippen LogP contribution is -2.46. The van der Waals surface area contributed by atoms with Crippen molar-refractivity contribution in [3.05, 3.63) is 58.9 Å². The van der Waals surface area contributed by atoms with Gasteiger partial charge in [-0.05, 0) is 48.7 Å². The van der Waals surface area contributed by atoms with Gasteiger partial charge in [0.2, 0.25) is 0 Å². The minimum Gasteiger partial charge on any atom is -0.454 e. The molecule has 0 amide bonds. The second-order valence-electron chi connectivity index (χ2n) is 6.66. The Morgan fingerprint density at radius 2 is 1.93 bits per heavy atom. The minimum atomic E-state index is -3.38. The van der Waals surface area contributed by atoms with Gasteiger partial charge in [0.15, 0.2) is 11.6 Å². The number of rotatable bonds is 3. The molecule has 2 aromatic carbocycles. The predicted octanol–water partition coefficient (Wildman–Crippen LogP) is 4.19. The summed E-state index contributed by atoms with van der Waals surface area (Å²) in [5.74, 6) is 0.698. The molecule has 0 saturated carbocycles. The van der Waals surface area contributed by atoms with Crippen molar-refractivity contribution in [1.29, 1.82) is 0 Å². The first-order valence-corrected chi connectivity index (χ1v) is 10.7. The maximum Gasteiger partial charge on any atom is 0.256 e. The Kier molecular flexibility index (Phi) is 4.82. The van der Waals surface area contributed by atoms with Gasteiger partial charge in [0.05, 0.1) is 5.75 Å². The lowest BCUT2D eigenvalue weighted by Gasteiger charge is -2.37. The van der Waals surface area contributed by atoms with Gasteiger partial charge in [-0.15, -0.1) is 4.40 Å². The van der Waals surface area contributed by atoms with Crippen LogP contribution >= 0.6 is 11.6 Å². The molecule has 1 fully saturated rings. The van der Waals surface area contributed by atoms with Crippen molar-refractivity contribution in [2.24, 2.45) is 4.40 Å². The Balaban J connectivity index is 1.57. The van der Waals surface area contributed by atoms with Gasteiger partial charge in [-0.3, -0.25) is 0 Å². The predicted molar refractivity (Wildman–Crippen MR) is 103 cm³/mol. The number of hydrogen-bond acceptors (Lipinski definition) is 4. The maximum atomic E-state index is 13.9. The highest BCUT2D eigenvalue weighted by Gasteiger charge is 2.33. The molecule has 8 heteroatoms. The van der Waals surface area contributed by atoms with Crippen molar-refractivity contribution in [2.75, 3.05) is 18.8 Å². The zero-order valence-electron chi connectivity index (χ0n) is 14.4. The number of benzene rings is 2. The van der Waals surface area contributed by atoms with Crippen LogP contribution in [0.4, 0.5) is 4.39 Å². The summed E-state index contributed by atoms with van der Waals surface area (Å²) < 4.78 is 47.3. The SMILES string of the molecule is O=S1(=O)CCN2CCC[C@@H](c3ccc(Oc4ccc(Cl)cc4F)cc3)C2=N1. The molecule has 0 radical (unpaired) electrons. The summed E-state index contributed by atoms with van der Waals surface area (Å²) in [6.45, 7) is 1.33. The molecule has 2 aliphatic rings. The van der Waals surface area contributed by atoms with Crippen LogP contribution in [0.15, 0.2) is 46.9 Å². The molecule has 0 N–H and O–H groups in total. The number of halogens is 2. The first kappa shape index (κ1) is 18.3. The van der Waals surface area contributed by atoms with Crippen LogP contribution in [-0.2, 0) is 10.0 Å². The van der Waals surface area contributed by atoms with Gasteiger partial charge in [0, 0.05) is 24.0 Å². The number of amidine groups is 1. The summed E-state index contributed by atoms with van der Waals surface area (Å²) in [6.07, 6.45) is 1.83. The number of sulfonamides is 1. The highest BCUT2D eigenvalue weighted by atomic mass is 35.5. The second kappa shape index (κ2) is 7.13. The van der Waals surface area contributed by atoms with E-state index < -0.39 is 15.8 Å². The van der Waals surface area contributed by atoms with Gasteiger partial charge >= 0.3 is 0 Å². The molecule has 1 saturated heterocycles. The fraction of sp³-hybridized carbons (Fsp3) is 0.316. The molecule has 27 heavy (non-hydrogen) atoms. The summed E-state index contributed by atoms with van der Waals surface area (Å²) in [6, 6.07) is 11.5. The average molecular weight is 409 g/mol. The summed E-state index contributed by atoms with van der Waals surface area (Å²) in [4.78, 5) is 2.06. The van der Waals surface area contributed by atoms with E-state index in [1.54, 1.807) is 18.2 Å². The Morgan fingerprint density at radius 1 is 1.15 bits per heavy atom. The Morgan fingerprint density at radius 3 is 2.67 bits per heavy atom. The van der Waals surface area contributed by atoms with Crippen molar-refractivity contribution in [1.82, 2.24) is 4.90 Å². The van der Waals surface area contributed by atoms with Gasteiger partial charge in [-0.1, -0.05) is 23.7 Å². The number of nitrogens with zero attached hydrogens (tertiary/aromatic N) is 2. The fourth-order valence-corrected chi connectivity index (χ4v) is 4.71. The summed E-state index contributed by atoms with van der Waals surface area (Å²) in [5, 5.41) is 0.306. The van der Waals surface area contributed by atoms with E-state index in [4.69, 9.17) is 16.3 Å². The molecule has 142 valence electrons. The van der Waals surface area contributed by atoms with E-state index in [1.807, 2.05) is 12.1 Å². The first-order chi connectivity index (χ1) is 12.9. The standard InChI is InChI=1S/C19H18ClFN2O3S/c20-14-5-8-18(17(21)12-14)26-15-6-3-13(4-7-15)16-2-1-9-23-10-11-27(24,25)22-19(16)23/h3-8,12,16H,1-2,9-11H2/t16-/m0/s1. The van der Waals surface area contributed by atoms with Crippen molar-refractivity contribution < 1.29 is 17.5 Å². The van der Waals surface area contributed by atoms with E-state index in [0.717, 1.165) is 24.9 Å². The highest BCUT2D eigenvalue weighted by molar-refractivity contribution is 7.90. The molecular formula is C19H18ClFN2O3S. The van der Waals surface area contributed by atoms with Gasteiger partial charge in [-0.2, -0.15) is 0 Å². The van der Waals surface area contributed by atoms with Gasteiger partial charge < -0.3 is 9.64 Å². The van der Waals surface area contributed by atoms with Crippen LogP contribution in [0.3, 0.4) is 0 Å². The van der Waals surface area contributed by atoms with Crippen molar-refractivity contribution in [3.63, 3.8) is 0 Å². The molecule has 2 aliphatic heterocycles. The molecule has 0 aliphatic carbocycles. The molecule has 0 unspecified atom stereocenters. The van der Waals surface area contributed by atoms with E-state index in [9.17, 15) is 12.8 Å². The third-order valence-corrected chi connectivity index (χ3v) is 6.21. The van der Waals surface area contributed by atoms with Crippen LogP contribution in [0.1, 0.15) is 24.3 Å². The van der Waals surface area contributed by atoms with Crippen molar-refractivity contribution in [3.8, 4) is 11.5 Å². The van der Waals surface area contributed by atoms with E-state index in [-0.39, 0.29) is 17.4 Å². The normalized spacial score (nSPS) is 21.3. The zero-order chi connectivity index (χ0) is 19.0. The van der Waals surface area contributed by atoms with Crippen LogP contribution in [0, 0.1) is 5.82 Å². The Labute approximate surface area is 162 Å². The topological polar surface area (TPSA) is 59.0 Å². The largest absolute Gasteiger partial charge is 0.454 e. The molecule has 0 spiro atoms. The number of hydrogen-bond donors (Lipinski definition) is 0. The zero-order valence-corrected chi connectivity index (χ0v) is 16.0. The molecule has 5 nitrogen and oxygen atoms in total. The van der Waals surface area contributed by atoms with Crippen LogP contribution in [0.5, 0.6) is 11.5 Å². The van der Waals surface area contributed by atoms with Crippen molar-refractivity contribution in [2.45, 2.75) is 18.8 Å². The fourth-order valence-electron chi connectivity index (χ4n) is 3.48. The molecule has 1 atom stereocenters.